The summed E-state index contributed by atoms with van der Waals surface area (Å²) in [6, 6.07) is 6.02. The van der Waals surface area contributed by atoms with E-state index < -0.39 is 10.2 Å². The van der Waals surface area contributed by atoms with Crippen LogP contribution in [0.1, 0.15) is 37.7 Å². The monoisotopic (exact) mass is 314 g/mol. The normalized spacial score (nSPS) is 17.6. The van der Waals surface area contributed by atoms with Crippen LogP contribution in [0.3, 0.4) is 0 Å². The van der Waals surface area contributed by atoms with Gasteiger partial charge in [-0.05, 0) is 30.5 Å². The average Bonchev–Trinajstić information content (AvgIpc) is 2.49. The van der Waals surface area contributed by atoms with Gasteiger partial charge in [0.2, 0.25) is 0 Å². The van der Waals surface area contributed by atoms with Crippen LogP contribution in [0, 0.1) is 5.82 Å². The van der Waals surface area contributed by atoms with Crippen LogP contribution in [0.4, 0.5) is 4.39 Å². The number of hydrogen-bond acceptors (Lipinski definition) is 2. The van der Waals surface area contributed by atoms with Crippen LogP contribution in [0.2, 0.25) is 0 Å². The van der Waals surface area contributed by atoms with Crippen molar-refractivity contribution in [2.75, 3.05) is 14.1 Å². The fourth-order valence-electron chi connectivity index (χ4n) is 2.78. The molecule has 0 aliphatic heterocycles. The van der Waals surface area contributed by atoms with E-state index in [1.807, 2.05) is 0 Å². The predicted molar refractivity (Wildman–Crippen MR) is 81.4 cm³/mol. The average molecular weight is 314 g/mol. The smallest absolute Gasteiger partial charge is 0.207 e. The van der Waals surface area contributed by atoms with Gasteiger partial charge in [-0.15, -0.1) is 0 Å². The minimum Gasteiger partial charge on any atom is -0.207 e. The summed E-state index contributed by atoms with van der Waals surface area (Å²) in [7, 11) is -0.247. The van der Waals surface area contributed by atoms with Gasteiger partial charge in [0, 0.05) is 26.7 Å². The highest BCUT2D eigenvalue weighted by Gasteiger charge is 2.30. The number of benzene rings is 1. The Balaban J connectivity index is 2.05. The molecule has 118 valence electrons. The first-order valence-electron chi connectivity index (χ1n) is 7.35. The summed E-state index contributed by atoms with van der Waals surface area (Å²) in [4.78, 5) is 0. The molecule has 0 aromatic heterocycles. The summed E-state index contributed by atoms with van der Waals surface area (Å²) in [5, 5.41) is 0. The highest BCUT2D eigenvalue weighted by atomic mass is 32.2. The maximum atomic E-state index is 12.9. The molecule has 4 nitrogen and oxygen atoms in total. The fourth-order valence-corrected chi connectivity index (χ4v) is 4.12. The van der Waals surface area contributed by atoms with Crippen molar-refractivity contribution in [2.45, 2.75) is 44.7 Å². The van der Waals surface area contributed by atoms with Gasteiger partial charge >= 0.3 is 0 Å². The summed E-state index contributed by atoms with van der Waals surface area (Å²) in [6.07, 6.45) is 5.23. The molecule has 0 unspecified atom stereocenters. The van der Waals surface area contributed by atoms with Crippen molar-refractivity contribution in [3.05, 3.63) is 35.6 Å². The molecule has 1 saturated carbocycles. The number of rotatable bonds is 5. The van der Waals surface area contributed by atoms with Crippen LogP contribution in [0.15, 0.2) is 24.3 Å². The summed E-state index contributed by atoms with van der Waals surface area (Å²) in [5.74, 6) is -0.316. The molecule has 1 fully saturated rings. The Morgan fingerprint density at radius 2 is 1.67 bits per heavy atom. The maximum absolute atomic E-state index is 12.9. The van der Waals surface area contributed by atoms with Crippen molar-refractivity contribution >= 4 is 10.2 Å². The molecule has 2 rings (SSSR count). The van der Waals surface area contributed by atoms with Crippen LogP contribution < -0.4 is 0 Å². The minimum atomic E-state index is -3.47. The quantitative estimate of drug-likeness (QED) is 0.838. The molecule has 0 atom stereocenters. The molecule has 21 heavy (non-hydrogen) atoms. The van der Waals surface area contributed by atoms with E-state index in [9.17, 15) is 12.8 Å². The van der Waals surface area contributed by atoms with E-state index in [1.54, 1.807) is 26.2 Å². The Hall–Kier alpha value is -0.980. The first kappa shape index (κ1) is 16.4. The molecule has 0 spiro atoms. The lowest BCUT2D eigenvalue weighted by atomic mass is 9.96. The summed E-state index contributed by atoms with van der Waals surface area (Å²) >= 11 is 0. The third-order valence-electron chi connectivity index (χ3n) is 4.17. The number of nitrogens with zero attached hydrogens (tertiary/aromatic N) is 2. The van der Waals surface area contributed by atoms with Crippen molar-refractivity contribution in [3.8, 4) is 0 Å². The largest absolute Gasteiger partial charge is 0.282 e. The minimum absolute atomic E-state index is 0.0967. The Kier molecular flexibility index (Phi) is 5.35. The molecule has 0 amide bonds. The molecule has 1 aliphatic rings. The third kappa shape index (κ3) is 4.02. The molecular weight excluding hydrogens is 291 g/mol. The van der Waals surface area contributed by atoms with Crippen LogP contribution in [-0.2, 0) is 16.8 Å². The van der Waals surface area contributed by atoms with E-state index in [0.717, 1.165) is 31.2 Å². The Morgan fingerprint density at radius 1 is 1.10 bits per heavy atom. The second-order valence-corrected chi connectivity index (χ2v) is 7.79. The van der Waals surface area contributed by atoms with E-state index in [1.165, 1.54) is 27.2 Å². The number of hydrogen-bond donors (Lipinski definition) is 0. The molecular formula is C15H23FN2O2S. The summed E-state index contributed by atoms with van der Waals surface area (Å²) < 4.78 is 40.9. The second-order valence-electron chi connectivity index (χ2n) is 5.70. The van der Waals surface area contributed by atoms with Crippen LogP contribution in [-0.4, -0.2) is 37.2 Å². The molecule has 0 saturated heterocycles. The van der Waals surface area contributed by atoms with Crippen molar-refractivity contribution < 1.29 is 12.8 Å². The molecule has 0 bridgehead atoms. The highest BCUT2D eigenvalue weighted by Crippen LogP contribution is 2.24. The summed E-state index contributed by atoms with van der Waals surface area (Å²) in [5.41, 5.74) is 0.777. The zero-order valence-corrected chi connectivity index (χ0v) is 13.4. The van der Waals surface area contributed by atoms with Gasteiger partial charge in [0.1, 0.15) is 5.82 Å². The van der Waals surface area contributed by atoms with Gasteiger partial charge in [0.15, 0.2) is 0 Å². The van der Waals surface area contributed by atoms with E-state index in [4.69, 9.17) is 0 Å². The van der Waals surface area contributed by atoms with Gasteiger partial charge in [0.05, 0.1) is 0 Å². The molecule has 0 N–H and O–H groups in total. The van der Waals surface area contributed by atoms with E-state index >= 15 is 0 Å². The van der Waals surface area contributed by atoms with E-state index in [2.05, 4.69) is 0 Å². The zero-order chi connectivity index (χ0) is 15.5. The van der Waals surface area contributed by atoms with Gasteiger partial charge in [-0.25, -0.2) is 4.39 Å². The van der Waals surface area contributed by atoms with Crippen LogP contribution >= 0.6 is 0 Å². The lowest BCUT2D eigenvalue weighted by molar-refractivity contribution is 0.268. The lowest BCUT2D eigenvalue weighted by Gasteiger charge is -2.33. The summed E-state index contributed by atoms with van der Waals surface area (Å²) in [6.45, 7) is 0.250. The molecule has 1 aliphatic carbocycles. The van der Waals surface area contributed by atoms with Gasteiger partial charge in [-0.1, -0.05) is 31.4 Å². The van der Waals surface area contributed by atoms with Gasteiger partial charge < -0.3 is 0 Å². The Morgan fingerprint density at radius 3 is 2.24 bits per heavy atom. The first-order chi connectivity index (χ1) is 9.91. The maximum Gasteiger partial charge on any atom is 0.282 e. The van der Waals surface area contributed by atoms with Crippen molar-refractivity contribution in [2.24, 2.45) is 0 Å². The molecule has 1 aromatic rings. The van der Waals surface area contributed by atoms with Crippen molar-refractivity contribution in [1.29, 1.82) is 0 Å². The Labute approximate surface area is 126 Å². The number of halogens is 1. The molecule has 0 radical (unpaired) electrons. The zero-order valence-electron chi connectivity index (χ0n) is 12.6. The van der Waals surface area contributed by atoms with E-state index in [-0.39, 0.29) is 18.4 Å². The predicted octanol–water partition coefficient (Wildman–Crippen LogP) is 2.77. The molecule has 6 heteroatoms. The first-order valence-corrected chi connectivity index (χ1v) is 8.74. The molecule has 0 heterocycles. The SMILES string of the molecule is CN(Cc1ccc(F)cc1)S(=O)(=O)N(C)C1CCCCC1. The second kappa shape index (κ2) is 6.85. The van der Waals surface area contributed by atoms with Gasteiger partial charge in [-0.2, -0.15) is 17.0 Å². The van der Waals surface area contributed by atoms with Crippen molar-refractivity contribution in [1.82, 2.24) is 8.61 Å². The topological polar surface area (TPSA) is 40.6 Å². The van der Waals surface area contributed by atoms with Crippen LogP contribution in [0.25, 0.3) is 0 Å². The Bertz CT molecular complexity index is 554. The standard InChI is InChI=1S/C15H23FN2O2S/c1-17(12-13-8-10-14(16)11-9-13)21(19,20)18(2)15-6-4-3-5-7-15/h8-11,15H,3-7,12H2,1-2H3. The van der Waals surface area contributed by atoms with E-state index in [0.29, 0.717) is 0 Å². The fraction of sp³-hybridized carbons (Fsp3) is 0.600. The lowest BCUT2D eigenvalue weighted by Crippen LogP contribution is -2.45. The van der Waals surface area contributed by atoms with Crippen molar-refractivity contribution in [3.63, 3.8) is 0 Å². The molecule has 1 aromatic carbocycles. The van der Waals surface area contributed by atoms with Crippen LogP contribution in [0.5, 0.6) is 0 Å². The highest BCUT2D eigenvalue weighted by molar-refractivity contribution is 7.86. The van der Waals surface area contributed by atoms with Gasteiger partial charge in [0.25, 0.3) is 10.2 Å². The van der Waals surface area contributed by atoms with Gasteiger partial charge in [-0.3, -0.25) is 0 Å². The third-order valence-corrected chi connectivity index (χ3v) is 6.11.